The lowest BCUT2D eigenvalue weighted by Crippen LogP contribution is -2.36. The Morgan fingerprint density at radius 3 is 2.80 bits per heavy atom. The van der Waals surface area contributed by atoms with E-state index in [2.05, 4.69) is 47.9 Å². The maximum absolute atomic E-state index is 6.24. The lowest BCUT2D eigenvalue weighted by molar-refractivity contribution is -0.328. The molecule has 0 atom stereocenters. The van der Waals surface area contributed by atoms with Crippen LogP contribution in [0.1, 0.15) is 58.1 Å². The molecule has 2 aliphatic heterocycles. The van der Waals surface area contributed by atoms with E-state index in [-0.39, 0.29) is 5.60 Å². The molecule has 1 saturated heterocycles. The number of ether oxygens (including phenoxy) is 1. The Kier molecular flexibility index (Phi) is 5.06. The van der Waals surface area contributed by atoms with Crippen molar-refractivity contribution in [3.8, 4) is 0 Å². The summed E-state index contributed by atoms with van der Waals surface area (Å²) in [5, 5.41) is 4.82. The van der Waals surface area contributed by atoms with E-state index in [1.165, 1.54) is 40.0 Å². The van der Waals surface area contributed by atoms with Crippen LogP contribution < -0.4 is 15.2 Å². The normalized spacial score (nSPS) is 18.5. The van der Waals surface area contributed by atoms with Gasteiger partial charge in [-0.15, -0.1) is 0 Å². The number of aromatic nitrogens is 3. The van der Waals surface area contributed by atoms with Crippen LogP contribution in [0.5, 0.6) is 0 Å². The van der Waals surface area contributed by atoms with Gasteiger partial charge in [-0.3, -0.25) is 4.90 Å². The lowest BCUT2D eigenvalue weighted by Gasteiger charge is -2.32. The summed E-state index contributed by atoms with van der Waals surface area (Å²) in [6, 6.07) is 0. The molecular weight excluding hydrogens is 394 g/mol. The predicted molar refractivity (Wildman–Crippen MR) is 123 cm³/mol. The monoisotopic (exact) mass is 426 g/mol. The molecule has 30 heavy (non-hydrogen) atoms. The van der Waals surface area contributed by atoms with Gasteiger partial charge in [0, 0.05) is 13.0 Å². The molecule has 5 heterocycles. The van der Waals surface area contributed by atoms with Gasteiger partial charge in [0.15, 0.2) is 4.83 Å². The number of nitrogens with one attached hydrogen (secondary N) is 2. The molecule has 0 amide bonds. The van der Waals surface area contributed by atoms with Crippen LogP contribution >= 0.6 is 11.3 Å². The van der Waals surface area contributed by atoms with Gasteiger partial charge in [-0.05, 0) is 44.6 Å². The quantitative estimate of drug-likeness (QED) is 0.647. The highest BCUT2D eigenvalue weighted by Crippen LogP contribution is 2.42. The van der Waals surface area contributed by atoms with Gasteiger partial charge in [0.25, 0.3) is 5.82 Å². The Balaban J connectivity index is 1.68. The molecule has 0 saturated carbocycles. The fraction of sp³-hybridized carbons (Fsp3) is 0.609. The van der Waals surface area contributed by atoms with Crippen molar-refractivity contribution in [1.82, 2.24) is 9.97 Å². The molecule has 3 aromatic rings. The Bertz CT molecular complexity index is 1080. The molecule has 0 aliphatic carbocycles. The molecule has 0 radical (unpaired) electrons. The third kappa shape index (κ3) is 3.52. The van der Waals surface area contributed by atoms with Crippen LogP contribution in [-0.4, -0.2) is 35.2 Å². The largest absolute Gasteiger partial charge is 0.370 e. The van der Waals surface area contributed by atoms with Crippen LogP contribution in [0.4, 0.5) is 11.6 Å². The van der Waals surface area contributed by atoms with Crippen molar-refractivity contribution in [3.05, 3.63) is 17.5 Å². The van der Waals surface area contributed by atoms with Gasteiger partial charge in [-0.1, -0.05) is 25.2 Å². The van der Waals surface area contributed by atoms with Crippen LogP contribution in [-0.2, 0) is 17.8 Å². The third-order valence-electron chi connectivity index (χ3n) is 6.30. The maximum Gasteiger partial charge on any atom is 0.281 e. The first-order chi connectivity index (χ1) is 14.4. The highest BCUT2D eigenvalue weighted by atomic mass is 32.1. The molecule has 0 spiro atoms. The van der Waals surface area contributed by atoms with Gasteiger partial charge < -0.3 is 10.1 Å². The number of anilines is 2. The molecule has 5 rings (SSSR count). The summed E-state index contributed by atoms with van der Waals surface area (Å²) >= 11 is 1.78. The van der Waals surface area contributed by atoms with E-state index < -0.39 is 0 Å². The SMILES string of the molecule is CC(C)CCNc1ncnc2c1sc1[nH+]c(N3CCCC3)c3c(c12)CC(C)(C)OC3. The van der Waals surface area contributed by atoms with Crippen molar-refractivity contribution in [1.29, 1.82) is 0 Å². The average Bonchev–Trinajstić information content (AvgIpc) is 3.34. The second kappa shape index (κ2) is 7.61. The van der Waals surface area contributed by atoms with Gasteiger partial charge in [0.2, 0.25) is 0 Å². The number of H-pyrrole nitrogens is 1. The highest BCUT2D eigenvalue weighted by molar-refractivity contribution is 7.25. The van der Waals surface area contributed by atoms with Crippen LogP contribution in [0.2, 0.25) is 0 Å². The summed E-state index contributed by atoms with van der Waals surface area (Å²) in [5.74, 6) is 2.88. The van der Waals surface area contributed by atoms with E-state index in [1.807, 2.05) is 0 Å². The lowest BCUT2D eigenvalue weighted by atomic mass is 9.90. The molecular formula is C23H32N5OS+. The van der Waals surface area contributed by atoms with E-state index in [0.29, 0.717) is 12.5 Å². The first-order valence-corrected chi connectivity index (χ1v) is 12.0. The van der Waals surface area contributed by atoms with Crippen molar-refractivity contribution in [2.75, 3.05) is 29.9 Å². The fourth-order valence-electron chi connectivity index (χ4n) is 4.66. The summed E-state index contributed by atoms with van der Waals surface area (Å²) in [6.45, 7) is 12.7. The Morgan fingerprint density at radius 2 is 2.03 bits per heavy atom. The molecule has 0 aromatic carbocycles. The molecule has 2 aliphatic rings. The molecule has 1 fully saturated rings. The van der Waals surface area contributed by atoms with Gasteiger partial charge >= 0.3 is 0 Å². The van der Waals surface area contributed by atoms with Crippen LogP contribution in [0, 0.1) is 5.92 Å². The van der Waals surface area contributed by atoms with E-state index in [4.69, 9.17) is 9.72 Å². The van der Waals surface area contributed by atoms with E-state index in [0.717, 1.165) is 48.5 Å². The predicted octanol–water partition coefficient (Wildman–Crippen LogP) is 4.57. The topological polar surface area (TPSA) is 64.4 Å². The zero-order valence-corrected chi connectivity index (χ0v) is 19.3. The average molecular weight is 427 g/mol. The number of thiophene rings is 1. The summed E-state index contributed by atoms with van der Waals surface area (Å²) in [5.41, 5.74) is 3.62. The van der Waals surface area contributed by atoms with Crippen molar-refractivity contribution >= 4 is 43.4 Å². The summed E-state index contributed by atoms with van der Waals surface area (Å²) in [4.78, 5) is 16.8. The second-order valence-corrected chi connectivity index (χ2v) is 10.7. The summed E-state index contributed by atoms with van der Waals surface area (Å²) in [7, 11) is 0. The van der Waals surface area contributed by atoms with Gasteiger partial charge in [0.1, 0.15) is 16.8 Å². The number of hydrogen-bond donors (Lipinski definition) is 1. The number of pyridine rings is 1. The third-order valence-corrected chi connectivity index (χ3v) is 7.40. The highest BCUT2D eigenvalue weighted by Gasteiger charge is 2.36. The maximum atomic E-state index is 6.24. The first-order valence-electron chi connectivity index (χ1n) is 11.2. The minimum absolute atomic E-state index is 0.163. The molecule has 2 N–H and O–H groups in total. The molecule has 3 aromatic heterocycles. The van der Waals surface area contributed by atoms with E-state index >= 15 is 0 Å². The minimum Gasteiger partial charge on any atom is -0.370 e. The van der Waals surface area contributed by atoms with Crippen molar-refractivity contribution in [2.24, 2.45) is 5.92 Å². The van der Waals surface area contributed by atoms with E-state index in [1.54, 1.807) is 17.7 Å². The van der Waals surface area contributed by atoms with Crippen molar-refractivity contribution in [2.45, 2.75) is 65.6 Å². The summed E-state index contributed by atoms with van der Waals surface area (Å²) in [6.07, 6.45) is 6.25. The molecule has 0 unspecified atom stereocenters. The number of rotatable bonds is 5. The Hall–Kier alpha value is -1.99. The number of aromatic amines is 1. The number of hydrogen-bond acceptors (Lipinski definition) is 6. The number of nitrogens with zero attached hydrogens (tertiary/aromatic N) is 3. The van der Waals surface area contributed by atoms with Crippen LogP contribution in [0.3, 0.4) is 0 Å². The fourth-order valence-corrected chi connectivity index (χ4v) is 5.81. The second-order valence-electron chi connectivity index (χ2n) is 9.67. The van der Waals surface area contributed by atoms with Crippen LogP contribution in [0.25, 0.3) is 20.4 Å². The molecule has 160 valence electrons. The zero-order valence-electron chi connectivity index (χ0n) is 18.5. The minimum atomic E-state index is -0.163. The van der Waals surface area contributed by atoms with Crippen molar-refractivity contribution < 1.29 is 9.72 Å². The Morgan fingerprint density at radius 1 is 1.23 bits per heavy atom. The van der Waals surface area contributed by atoms with E-state index in [9.17, 15) is 0 Å². The molecule has 0 bridgehead atoms. The first kappa shape index (κ1) is 19.9. The van der Waals surface area contributed by atoms with Gasteiger partial charge in [-0.2, -0.15) is 0 Å². The van der Waals surface area contributed by atoms with Crippen LogP contribution in [0.15, 0.2) is 6.33 Å². The van der Waals surface area contributed by atoms with Crippen molar-refractivity contribution in [3.63, 3.8) is 0 Å². The zero-order chi connectivity index (χ0) is 20.9. The summed E-state index contributed by atoms with van der Waals surface area (Å²) < 4.78 is 7.39. The smallest absolute Gasteiger partial charge is 0.281 e. The molecule has 6 nitrogen and oxygen atoms in total. The Labute approximate surface area is 182 Å². The number of fused-ring (bicyclic) bond motifs is 5. The van der Waals surface area contributed by atoms with Gasteiger partial charge in [0.05, 0.1) is 41.8 Å². The van der Waals surface area contributed by atoms with Gasteiger partial charge in [-0.25, -0.2) is 15.0 Å². The molecule has 7 heteroatoms. The standard InChI is InChI=1S/C23H31N5OS/c1-14(2)7-8-24-20-19-18(25-13-26-20)17-15-11-23(3,4)29-12-16(15)21(27-22(17)30-19)28-9-5-6-10-28/h13-14H,5-12H2,1-4H3,(H,24,25,26)/p+1.